The molecule has 1 heterocycles. The van der Waals surface area contributed by atoms with E-state index >= 15 is 0 Å². The zero-order valence-corrected chi connectivity index (χ0v) is 32.1. The summed E-state index contributed by atoms with van der Waals surface area (Å²) in [4.78, 5) is 13.9. The summed E-state index contributed by atoms with van der Waals surface area (Å²) in [5.41, 5.74) is 1.19. The number of amides is 1. The van der Waals surface area contributed by atoms with E-state index < -0.39 is 37.2 Å². The number of benzene rings is 2. The molecule has 0 fully saturated rings. The summed E-state index contributed by atoms with van der Waals surface area (Å²) in [6.07, 6.45) is 1.09. The third-order valence-electron chi connectivity index (χ3n) is 6.33. The molecular formula is C28H33Cl2N8NaO6S2. The first-order valence-electron chi connectivity index (χ1n) is 13.8. The Balaban J connectivity index is 0.00000768. The Morgan fingerprint density at radius 2 is 1.74 bits per heavy atom. The van der Waals surface area contributed by atoms with Crippen molar-refractivity contribution in [3.8, 4) is 11.8 Å². The van der Waals surface area contributed by atoms with Crippen LogP contribution in [0.25, 0.3) is 5.69 Å². The van der Waals surface area contributed by atoms with E-state index in [0.717, 1.165) is 6.26 Å². The number of sulfonamides is 1. The van der Waals surface area contributed by atoms with Gasteiger partial charge in [-0.25, -0.2) is 21.5 Å². The van der Waals surface area contributed by atoms with Crippen molar-refractivity contribution in [2.45, 2.75) is 46.5 Å². The summed E-state index contributed by atoms with van der Waals surface area (Å²) in [6.45, 7) is 9.48. The zero-order valence-electron chi connectivity index (χ0n) is 26.9. The number of hydrogen-bond acceptors (Lipinski definition) is 11. The molecule has 0 aliphatic carbocycles. The third kappa shape index (κ3) is 11.1. The molecule has 0 bridgehead atoms. The van der Waals surface area contributed by atoms with Gasteiger partial charge in [0.05, 0.1) is 43.5 Å². The molecule has 1 amide bonds. The molecule has 0 spiro atoms. The first kappa shape index (κ1) is 40.4. The van der Waals surface area contributed by atoms with Crippen LogP contribution in [0.15, 0.2) is 40.6 Å². The van der Waals surface area contributed by atoms with Gasteiger partial charge in [-0.3, -0.25) is 9.52 Å². The molecule has 1 aromatic heterocycles. The molecule has 0 unspecified atom stereocenters. The molecular weight excluding hydrogens is 702 g/mol. The van der Waals surface area contributed by atoms with E-state index in [0.29, 0.717) is 17.9 Å². The van der Waals surface area contributed by atoms with Gasteiger partial charge in [0.15, 0.2) is 5.82 Å². The van der Waals surface area contributed by atoms with E-state index in [1.54, 1.807) is 18.2 Å². The van der Waals surface area contributed by atoms with E-state index in [1.165, 1.54) is 23.7 Å². The van der Waals surface area contributed by atoms with Gasteiger partial charge < -0.3 is 14.8 Å². The van der Waals surface area contributed by atoms with Gasteiger partial charge in [0.2, 0.25) is 15.9 Å². The number of anilines is 3. The minimum atomic E-state index is -4.36. The van der Waals surface area contributed by atoms with Crippen LogP contribution >= 0.6 is 23.2 Å². The van der Waals surface area contributed by atoms with Gasteiger partial charge in [-0.05, 0) is 43.7 Å². The second-order valence-corrected chi connectivity index (χ2v) is 15.3. The Morgan fingerprint density at radius 1 is 1.13 bits per heavy atom. The smallest absolute Gasteiger partial charge is 0.748 e. The number of rotatable bonds is 12. The molecule has 2 aromatic carbocycles. The van der Waals surface area contributed by atoms with Crippen molar-refractivity contribution in [2.24, 2.45) is 10.2 Å². The molecule has 0 saturated carbocycles. The quantitative estimate of drug-likeness (QED) is 0.159. The minimum absolute atomic E-state index is 0. The normalized spacial score (nSPS) is 12.0. The van der Waals surface area contributed by atoms with Crippen LogP contribution in [0.5, 0.6) is 0 Å². The number of hydrogen-bond donors (Lipinski definition) is 2. The third-order valence-corrected chi connectivity index (χ3v) is 8.30. The molecule has 0 aliphatic rings. The van der Waals surface area contributed by atoms with Crippen molar-refractivity contribution >= 4 is 77.8 Å². The maximum Gasteiger partial charge on any atom is 1.00 e. The number of aromatic nitrogens is 2. The summed E-state index contributed by atoms with van der Waals surface area (Å²) >= 11 is 13.1. The second-order valence-electron chi connectivity index (χ2n) is 11.3. The topological polar surface area (TPSA) is 202 Å². The number of carbonyl (C=O) groups excluding carboxylic acids is 1. The van der Waals surface area contributed by atoms with Gasteiger partial charge >= 0.3 is 29.6 Å². The summed E-state index contributed by atoms with van der Waals surface area (Å²) in [6, 6.07) is 9.73. The first-order chi connectivity index (χ1) is 21.2. The van der Waals surface area contributed by atoms with Gasteiger partial charge in [0, 0.05) is 36.9 Å². The molecule has 19 heteroatoms. The summed E-state index contributed by atoms with van der Waals surface area (Å²) in [7, 11) is -7.99. The van der Waals surface area contributed by atoms with Gasteiger partial charge in [0.25, 0.3) is 0 Å². The van der Waals surface area contributed by atoms with E-state index in [-0.39, 0.29) is 86.7 Å². The predicted molar refractivity (Wildman–Crippen MR) is 177 cm³/mol. The van der Waals surface area contributed by atoms with Crippen molar-refractivity contribution in [1.29, 1.82) is 5.26 Å². The van der Waals surface area contributed by atoms with Crippen LogP contribution in [0, 0.1) is 11.3 Å². The molecule has 0 aliphatic heterocycles. The molecule has 0 saturated heterocycles. The maximum absolute atomic E-state index is 12.1. The van der Waals surface area contributed by atoms with Crippen molar-refractivity contribution in [2.75, 3.05) is 40.0 Å². The standard InChI is InChI=1S/C28H34Cl2N8O6S2.Na/c1-7-37(11-8-12-46(42,43)44)19-9-10-23(24(15-19)32-17(2)39)33-34-27-20(16-31)26(28(3,4)5)35-38(27)25-21(29)13-18(14-22(25)30)36-45(6,40)41;/h9-10,13-15,36H,7-8,11-12H2,1-6H3,(H,32,39)(H,42,43,44);/q;+1/p-1. The number of halogens is 2. The van der Waals surface area contributed by atoms with Gasteiger partial charge in [-0.1, -0.05) is 44.0 Å². The number of azo groups is 1. The average molecular weight is 736 g/mol. The minimum Gasteiger partial charge on any atom is -0.748 e. The van der Waals surface area contributed by atoms with Gasteiger partial charge in [-0.2, -0.15) is 10.4 Å². The summed E-state index contributed by atoms with van der Waals surface area (Å²) in [5.74, 6) is -0.926. The maximum atomic E-state index is 12.1. The molecule has 3 aromatic rings. The molecule has 14 nitrogen and oxygen atoms in total. The van der Waals surface area contributed by atoms with Crippen molar-refractivity contribution in [1.82, 2.24) is 9.78 Å². The number of nitrogens with zero attached hydrogens (tertiary/aromatic N) is 6. The summed E-state index contributed by atoms with van der Waals surface area (Å²) < 4.78 is 60.3. The largest absolute Gasteiger partial charge is 1.00 e. The Labute approximate surface area is 306 Å². The second kappa shape index (κ2) is 16.1. The Hall–Kier alpha value is -2.75. The monoisotopic (exact) mass is 734 g/mol. The van der Waals surface area contributed by atoms with E-state index in [1.807, 2.05) is 32.6 Å². The number of carbonyl (C=O) groups is 1. The fourth-order valence-electron chi connectivity index (χ4n) is 4.43. The fourth-order valence-corrected chi connectivity index (χ4v) is 6.10. The molecule has 0 radical (unpaired) electrons. The van der Waals surface area contributed by atoms with Crippen LogP contribution in [-0.4, -0.2) is 62.2 Å². The number of nitriles is 1. The van der Waals surface area contributed by atoms with E-state index in [2.05, 4.69) is 31.4 Å². The summed E-state index contributed by atoms with van der Waals surface area (Å²) in [5, 5.41) is 26.2. The average Bonchev–Trinajstić information content (AvgIpc) is 3.26. The van der Waals surface area contributed by atoms with Crippen LogP contribution in [0.4, 0.5) is 28.6 Å². The van der Waals surface area contributed by atoms with Gasteiger partial charge in [-0.15, -0.1) is 10.2 Å². The molecule has 47 heavy (non-hydrogen) atoms. The molecule has 0 atom stereocenters. The van der Waals surface area contributed by atoms with E-state index in [4.69, 9.17) is 23.2 Å². The Bertz CT molecular complexity index is 1920. The van der Waals surface area contributed by atoms with Crippen molar-refractivity contribution < 1.29 is 55.7 Å². The fraction of sp³-hybridized carbons (Fsp3) is 0.393. The van der Waals surface area contributed by atoms with Crippen LogP contribution < -0.4 is 44.5 Å². The Morgan fingerprint density at radius 3 is 2.23 bits per heavy atom. The molecule has 248 valence electrons. The molecule has 3 rings (SSSR count). The van der Waals surface area contributed by atoms with Crippen LogP contribution in [0.1, 0.15) is 52.3 Å². The SMILES string of the molecule is CCN(CCCS(=O)(=O)[O-])c1ccc(N=Nc2c(C#N)c(C(C)(C)C)nn2-c2c(Cl)cc(NS(C)(=O)=O)cc2Cl)c(NC(C)=O)c1.[Na+]. The molecule has 2 N–H and O–H groups in total. The zero-order chi connectivity index (χ0) is 34.6. The predicted octanol–water partition coefficient (Wildman–Crippen LogP) is 2.86. The van der Waals surface area contributed by atoms with Crippen LogP contribution in [-0.2, 0) is 30.4 Å². The van der Waals surface area contributed by atoms with E-state index in [9.17, 15) is 31.4 Å². The Kier molecular flexibility index (Phi) is 13.8. The van der Waals surface area contributed by atoms with Crippen LogP contribution in [0.3, 0.4) is 0 Å². The first-order valence-corrected chi connectivity index (χ1v) is 18.0. The van der Waals surface area contributed by atoms with Crippen molar-refractivity contribution in [3.63, 3.8) is 0 Å². The van der Waals surface area contributed by atoms with Crippen molar-refractivity contribution in [3.05, 3.63) is 51.6 Å². The number of nitrogens with one attached hydrogen (secondary N) is 2. The van der Waals surface area contributed by atoms with Gasteiger partial charge in [0.1, 0.15) is 23.0 Å². The van der Waals surface area contributed by atoms with Crippen LogP contribution in [0.2, 0.25) is 10.0 Å².